The SMILES string of the molecule is CCOC(=O)CC(Cc1ccccc1)NCC(C)C. The zero-order valence-corrected chi connectivity index (χ0v) is 12.2. The van der Waals surface area contributed by atoms with Crippen LogP contribution in [-0.4, -0.2) is 25.2 Å². The molecule has 1 aromatic carbocycles. The van der Waals surface area contributed by atoms with Crippen molar-refractivity contribution < 1.29 is 9.53 Å². The van der Waals surface area contributed by atoms with Crippen molar-refractivity contribution in [3.63, 3.8) is 0 Å². The molecule has 0 fully saturated rings. The van der Waals surface area contributed by atoms with Gasteiger partial charge in [-0.2, -0.15) is 0 Å². The molecule has 0 aliphatic carbocycles. The number of benzene rings is 1. The van der Waals surface area contributed by atoms with E-state index in [1.807, 2.05) is 25.1 Å². The predicted molar refractivity (Wildman–Crippen MR) is 78.0 cm³/mol. The van der Waals surface area contributed by atoms with Crippen molar-refractivity contribution in [2.24, 2.45) is 5.92 Å². The van der Waals surface area contributed by atoms with Crippen LogP contribution in [0.3, 0.4) is 0 Å². The van der Waals surface area contributed by atoms with E-state index in [9.17, 15) is 4.79 Å². The minimum atomic E-state index is -0.125. The minimum Gasteiger partial charge on any atom is -0.466 e. The normalized spacial score (nSPS) is 12.4. The molecular weight excluding hydrogens is 238 g/mol. The summed E-state index contributed by atoms with van der Waals surface area (Å²) in [5.74, 6) is 0.445. The Morgan fingerprint density at radius 1 is 1.26 bits per heavy atom. The maximum absolute atomic E-state index is 11.6. The minimum absolute atomic E-state index is 0.125. The van der Waals surface area contributed by atoms with E-state index in [2.05, 4.69) is 31.3 Å². The summed E-state index contributed by atoms with van der Waals surface area (Å²) in [6, 6.07) is 10.4. The van der Waals surface area contributed by atoms with Crippen molar-refractivity contribution >= 4 is 5.97 Å². The highest BCUT2D eigenvalue weighted by Crippen LogP contribution is 2.07. The van der Waals surface area contributed by atoms with Crippen LogP contribution >= 0.6 is 0 Å². The fourth-order valence-corrected chi connectivity index (χ4v) is 1.94. The van der Waals surface area contributed by atoms with Crippen molar-refractivity contribution in [1.82, 2.24) is 5.32 Å². The second-order valence-electron chi connectivity index (χ2n) is 5.20. The molecule has 19 heavy (non-hydrogen) atoms. The smallest absolute Gasteiger partial charge is 0.307 e. The van der Waals surface area contributed by atoms with Crippen LogP contribution in [0.4, 0.5) is 0 Å². The topological polar surface area (TPSA) is 38.3 Å². The van der Waals surface area contributed by atoms with Crippen molar-refractivity contribution in [2.75, 3.05) is 13.2 Å². The number of ether oxygens (including phenoxy) is 1. The van der Waals surface area contributed by atoms with Crippen LogP contribution in [0.15, 0.2) is 30.3 Å². The Bertz CT molecular complexity index is 362. The molecule has 1 atom stereocenters. The highest BCUT2D eigenvalue weighted by molar-refractivity contribution is 5.70. The van der Waals surface area contributed by atoms with Crippen LogP contribution in [0.2, 0.25) is 0 Å². The van der Waals surface area contributed by atoms with Gasteiger partial charge in [-0.05, 0) is 31.4 Å². The molecule has 1 unspecified atom stereocenters. The summed E-state index contributed by atoms with van der Waals surface area (Å²) in [5.41, 5.74) is 1.24. The second-order valence-corrected chi connectivity index (χ2v) is 5.20. The van der Waals surface area contributed by atoms with Gasteiger partial charge in [0.25, 0.3) is 0 Å². The molecule has 1 aromatic rings. The van der Waals surface area contributed by atoms with Gasteiger partial charge in [-0.25, -0.2) is 0 Å². The average molecular weight is 263 g/mol. The number of hydrogen-bond donors (Lipinski definition) is 1. The monoisotopic (exact) mass is 263 g/mol. The van der Waals surface area contributed by atoms with E-state index >= 15 is 0 Å². The van der Waals surface area contributed by atoms with Gasteiger partial charge in [0.05, 0.1) is 13.0 Å². The molecule has 0 bridgehead atoms. The molecule has 106 valence electrons. The van der Waals surface area contributed by atoms with E-state index in [1.165, 1.54) is 5.56 Å². The number of carbonyl (C=O) groups excluding carboxylic acids is 1. The molecular formula is C16H25NO2. The number of nitrogens with one attached hydrogen (secondary N) is 1. The standard InChI is InChI=1S/C16H25NO2/c1-4-19-16(18)11-15(17-12-13(2)3)10-14-8-6-5-7-9-14/h5-9,13,15,17H,4,10-12H2,1-3H3. The van der Waals surface area contributed by atoms with E-state index in [0.717, 1.165) is 13.0 Å². The van der Waals surface area contributed by atoms with Crippen LogP contribution in [0.5, 0.6) is 0 Å². The average Bonchev–Trinajstić information content (AvgIpc) is 2.37. The van der Waals surface area contributed by atoms with Gasteiger partial charge in [-0.3, -0.25) is 4.79 Å². The van der Waals surface area contributed by atoms with Gasteiger partial charge in [0.2, 0.25) is 0 Å². The number of rotatable bonds is 8. The zero-order valence-electron chi connectivity index (χ0n) is 12.2. The largest absolute Gasteiger partial charge is 0.466 e. The van der Waals surface area contributed by atoms with Gasteiger partial charge < -0.3 is 10.1 Å². The first-order valence-corrected chi connectivity index (χ1v) is 7.04. The van der Waals surface area contributed by atoms with Crippen LogP contribution in [0, 0.1) is 5.92 Å². The lowest BCUT2D eigenvalue weighted by Gasteiger charge is -2.19. The predicted octanol–water partition coefficient (Wildman–Crippen LogP) is 2.80. The molecule has 0 radical (unpaired) electrons. The van der Waals surface area contributed by atoms with E-state index in [1.54, 1.807) is 0 Å². The number of esters is 1. The van der Waals surface area contributed by atoms with E-state index in [4.69, 9.17) is 4.74 Å². The molecule has 1 rings (SSSR count). The Morgan fingerprint density at radius 3 is 2.53 bits per heavy atom. The van der Waals surface area contributed by atoms with E-state index in [0.29, 0.717) is 18.9 Å². The molecule has 0 amide bonds. The lowest BCUT2D eigenvalue weighted by Crippen LogP contribution is -2.36. The van der Waals surface area contributed by atoms with Crippen LogP contribution in [0.25, 0.3) is 0 Å². The third-order valence-corrected chi connectivity index (χ3v) is 2.86. The van der Waals surface area contributed by atoms with Crippen molar-refractivity contribution in [2.45, 2.75) is 39.7 Å². The Balaban J connectivity index is 2.55. The maximum atomic E-state index is 11.6. The Labute approximate surface area is 116 Å². The third kappa shape index (κ3) is 6.97. The number of hydrogen-bond acceptors (Lipinski definition) is 3. The van der Waals surface area contributed by atoms with Crippen molar-refractivity contribution in [3.8, 4) is 0 Å². The fraction of sp³-hybridized carbons (Fsp3) is 0.562. The molecule has 0 aliphatic rings. The van der Waals surface area contributed by atoms with Crippen molar-refractivity contribution in [1.29, 1.82) is 0 Å². The fourth-order valence-electron chi connectivity index (χ4n) is 1.94. The molecule has 0 spiro atoms. The van der Waals surface area contributed by atoms with E-state index < -0.39 is 0 Å². The zero-order chi connectivity index (χ0) is 14.1. The van der Waals surface area contributed by atoms with Gasteiger partial charge in [0.15, 0.2) is 0 Å². The van der Waals surface area contributed by atoms with Crippen LogP contribution in [0.1, 0.15) is 32.8 Å². The summed E-state index contributed by atoms with van der Waals surface area (Å²) in [4.78, 5) is 11.6. The number of carbonyl (C=O) groups is 1. The van der Waals surface area contributed by atoms with Gasteiger partial charge >= 0.3 is 5.97 Å². The quantitative estimate of drug-likeness (QED) is 0.733. The van der Waals surface area contributed by atoms with Crippen LogP contribution in [-0.2, 0) is 16.0 Å². The highest BCUT2D eigenvalue weighted by Gasteiger charge is 2.15. The molecule has 0 heterocycles. The first kappa shape index (κ1) is 15.7. The Hall–Kier alpha value is -1.35. The Morgan fingerprint density at radius 2 is 1.95 bits per heavy atom. The summed E-state index contributed by atoms with van der Waals surface area (Å²) in [6.45, 7) is 7.53. The highest BCUT2D eigenvalue weighted by atomic mass is 16.5. The molecule has 1 N–H and O–H groups in total. The molecule has 0 saturated heterocycles. The summed E-state index contributed by atoms with van der Waals surface area (Å²) in [7, 11) is 0. The molecule has 0 aliphatic heterocycles. The summed E-state index contributed by atoms with van der Waals surface area (Å²) >= 11 is 0. The summed E-state index contributed by atoms with van der Waals surface area (Å²) in [6.07, 6.45) is 1.28. The van der Waals surface area contributed by atoms with E-state index in [-0.39, 0.29) is 12.0 Å². The second kappa shape index (κ2) is 8.70. The van der Waals surface area contributed by atoms with Gasteiger partial charge in [-0.1, -0.05) is 44.2 Å². The van der Waals surface area contributed by atoms with Gasteiger partial charge in [0, 0.05) is 6.04 Å². The first-order valence-electron chi connectivity index (χ1n) is 7.04. The lowest BCUT2D eigenvalue weighted by molar-refractivity contribution is -0.143. The maximum Gasteiger partial charge on any atom is 0.307 e. The third-order valence-electron chi connectivity index (χ3n) is 2.86. The lowest BCUT2D eigenvalue weighted by atomic mass is 10.0. The first-order chi connectivity index (χ1) is 9.11. The molecule has 3 heteroatoms. The molecule has 0 saturated carbocycles. The summed E-state index contributed by atoms with van der Waals surface area (Å²) < 4.78 is 5.04. The van der Waals surface area contributed by atoms with Gasteiger partial charge in [-0.15, -0.1) is 0 Å². The van der Waals surface area contributed by atoms with Crippen LogP contribution < -0.4 is 5.32 Å². The Kier molecular flexibility index (Phi) is 7.19. The molecule has 0 aromatic heterocycles. The van der Waals surface area contributed by atoms with Crippen molar-refractivity contribution in [3.05, 3.63) is 35.9 Å². The summed E-state index contributed by atoms with van der Waals surface area (Å²) in [5, 5.41) is 3.46. The molecule has 3 nitrogen and oxygen atoms in total. The van der Waals surface area contributed by atoms with Gasteiger partial charge in [0.1, 0.15) is 0 Å².